The van der Waals surface area contributed by atoms with Crippen LogP contribution in [0.3, 0.4) is 0 Å². The van der Waals surface area contributed by atoms with E-state index >= 15 is 0 Å². The van der Waals surface area contributed by atoms with E-state index in [9.17, 15) is 0 Å². The number of rotatable bonds is 10. The minimum Gasteiger partial charge on any atom is -0.378 e. The molecule has 94 valence electrons. The van der Waals surface area contributed by atoms with Gasteiger partial charge in [0.1, 0.15) is 18.8 Å². The van der Waals surface area contributed by atoms with Crippen LogP contribution in [0.2, 0.25) is 0 Å². The SMILES string of the molecule is CC(CCOOCC1CO1)COCC1CO1. The van der Waals surface area contributed by atoms with Crippen LogP contribution in [-0.2, 0) is 24.0 Å². The van der Waals surface area contributed by atoms with Gasteiger partial charge in [-0.25, -0.2) is 9.78 Å². The van der Waals surface area contributed by atoms with Crippen molar-refractivity contribution in [2.75, 3.05) is 39.6 Å². The molecule has 0 N–H and O–H groups in total. The van der Waals surface area contributed by atoms with Gasteiger partial charge in [-0.15, -0.1) is 0 Å². The van der Waals surface area contributed by atoms with Gasteiger partial charge in [0, 0.05) is 6.61 Å². The fourth-order valence-corrected chi connectivity index (χ4v) is 1.24. The van der Waals surface area contributed by atoms with E-state index in [2.05, 4.69) is 6.92 Å². The molecule has 0 aromatic heterocycles. The third-order valence-electron chi connectivity index (χ3n) is 2.54. The average Bonchev–Trinajstić information content (AvgIpc) is 3.12. The molecular weight excluding hydrogens is 212 g/mol. The molecule has 5 heteroatoms. The van der Waals surface area contributed by atoms with Crippen LogP contribution in [0.15, 0.2) is 0 Å². The summed E-state index contributed by atoms with van der Waals surface area (Å²) in [7, 11) is 0. The maximum atomic E-state index is 5.48. The Bertz CT molecular complexity index is 191. The largest absolute Gasteiger partial charge is 0.378 e. The molecule has 0 aromatic rings. The van der Waals surface area contributed by atoms with Gasteiger partial charge < -0.3 is 14.2 Å². The Morgan fingerprint density at radius 3 is 2.50 bits per heavy atom. The van der Waals surface area contributed by atoms with Crippen molar-refractivity contribution in [1.29, 1.82) is 0 Å². The van der Waals surface area contributed by atoms with Crippen molar-refractivity contribution in [2.45, 2.75) is 25.6 Å². The van der Waals surface area contributed by atoms with Crippen LogP contribution in [0.1, 0.15) is 13.3 Å². The summed E-state index contributed by atoms with van der Waals surface area (Å²) in [5.41, 5.74) is 0. The quantitative estimate of drug-likeness (QED) is 0.241. The Balaban J connectivity index is 1.33. The molecule has 2 fully saturated rings. The molecule has 0 amide bonds. The molecule has 0 bridgehead atoms. The van der Waals surface area contributed by atoms with E-state index in [0.29, 0.717) is 25.2 Å². The van der Waals surface area contributed by atoms with E-state index in [1.807, 2.05) is 0 Å². The molecule has 0 spiro atoms. The first-order chi connectivity index (χ1) is 7.84. The second-order valence-electron chi connectivity index (χ2n) is 4.45. The maximum absolute atomic E-state index is 5.48. The van der Waals surface area contributed by atoms with Gasteiger partial charge in [-0.3, -0.25) is 0 Å². The van der Waals surface area contributed by atoms with Crippen molar-refractivity contribution in [3.63, 3.8) is 0 Å². The van der Waals surface area contributed by atoms with E-state index in [4.69, 9.17) is 24.0 Å². The Kier molecular flexibility index (Phi) is 4.99. The highest BCUT2D eigenvalue weighted by Crippen LogP contribution is 2.11. The topological polar surface area (TPSA) is 52.8 Å². The van der Waals surface area contributed by atoms with Crippen LogP contribution in [0.25, 0.3) is 0 Å². The molecule has 0 aromatic carbocycles. The van der Waals surface area contributed by atoms with Crippen LogP contribution in [0.5, 0.6) is 0 Å². The normalized spacial score (nSPS) is 29.1. The fourth-order valence-electron chi connectivity index (χ4n) is 1.24. The number of ether oxygens (including phenoxy) is 3. The summed E-state index contributed by atoms with van der Waals surface area (Å²) in [5.74, 6) is 0.486. The minimum absolute atomic E-state index is 0.263. The highest BCUT2D eigenvalue weighted by Gasteiger charge is 2.23. The predicted octanol–water partition coefficient (Wildman–Crippen LogP) is 0.775. The van der Waals surface area contributed by atoms with E-state index in [0.717, 1.165) is 32.8 Å². The molecule has 0 saturated carbocycles. The third kappa shape index (κ3) is 5.77. The van der Waals surface area contributed by atoms with Gasteiger partial charge in [0.25, 0.3) is 0 Å². The molecule has 2 aliphatic heterocycles. The molecule has 5 nitrogen and oxygen atoms in total. The summed E-state index contributed by atoms with van der Waals surface area (Å²) in [5, 5.41) is 0. The van der Waals surface area contributed by atoms with Gasteiger partial charge >= 0.3 is 0 Å². The Morgan fingerprint density at radius 2 is 1.81 bits per heavy atom. The number of epoxide rings is 2. The van der Waals surface area contributed by atoms with Gasteiger partial charge in [0.2, 0.25) is 0 Å². The molecule has 3 unspecified atom stereocenters. The predicted molar refractivity (Wildman–Crippen MR) is 56.0 cm³/mol. The zero-order chi connectivity index (χ0) is 11.2. The maximum Gasteiger partial charge on any atom is 0.111 e. The number of hydrogen-bond acceptors (Lipinski definition) is 5. The fraction of sp³-hybridized carbons (Fsp3) is 1.00. The second kappa shape index (κ2) is 6.51. The zero-order valence-corrected chi connectivity index (χ0v) is 9.72. The second-order valence-corrected chi connectivity index (χ2v) is 4.45. The summed E-state index contributed by atoms with van der Waals surface area (Å²) in [6.07, 6.45) is 1.56. The number of hydrogen-bond donors (Lipinski definition) is 0. The lowest BCUT2D eigenvalue weighted by Crippen LogP contribution is -2.12. The van der Waals surface area contributed by atoms with Crippen LogP contribution in [-0.4, -0.2) is 51.8 Å². The van der Waals surface area contributed by atoms with Gasteiger partial charge in [0.15, 0.2) is 0 Å². The first-order valence-corrected chi connectivity index (χ1v) is 5.90. The molecule has 0 aliphatic carbocycles. The zero-order valence-electron chi connectivity index (χ0n) is 9.72. The van der Waals surface area contributed by atoms with Crippen molar-refractivity contribution in [3.8, 4) is 0 Å². The minimum atomic E-state index is 0.263. The van der Waals surface area contributed by atoms with Crippen molar-refractivity contribution >= 4 is 0 Å². The van der Waals surface area contributed by atoms with Crippen molar-refractivity contribution in [3.05, 3.63) is 0 Å². The van der Waals surface area contributed by atoms with Gasteiger partial charge in [-0.05, 0) is 12.3 Å². The van der Waals surface area contributed by atoms with Gasteiger partial charge in [-0.1, -0.05) is 6.92 Å². The highest BCUT2D eigenvalue weighted by molar-refractivity contribution is 4.67. The molecule has 2 aliphatic rings. The Morgan fingerprint density at radius 1 is 1.12 bits per heavy atom. The first-order valence-electron chi connectivity index (χ1n) is 5.90. The summed E-state index contributed by atoms with van der Waals surface area (Å²) in [6.45, 7) is 6.43. The Labute approximate surface area is 95.9 Å². The van der Waals surface area contributed by atoms with Crippen LogP contribution in [0, 0.1) is 5.92 Å². The summed E-state index contributed by atoms with van der Waals surface area (Å²) < 4.78 is 15.5. The molecule has 2 rings (SSSR count). The smallest absolute Gasteiger partial charge is 0.111 e. The molecule has 2 saturated heterocycles. The Hall–Kier alpha value is -0.200. The lowest BCUT2D eigenvalue weighted by atomic mass is 10.1. The van der Waals surface area contributed by atoms with Crippen molar-refractivity contribution in [2.24, 2.45) is 5.92 Å². The standard InChI is InChI=1S/C11H20O5/c1-9(4-12-5-10-6-13-10)2-3-15-16-8-11-7-14-11/h9-11H,2-8H2,1H3. The summed E-state index contributed by atoms with van der Waals surface area (Å²) in [6, 6.07) is 0. The average molecular weight is 232 g/mol. The molecule has 3 atom stereocenters. The molecule has 16 heavy (non-hydrogen) atoms. The van der Waals surface area contributed by atoms with Crippen molar-refractivity contribution in [1.82, 2.24) is 0 Å². The van der Waals surface area contributed by atoms with E-state index in [1.54, 1.807) is 0 Å². The highest BCUT2D eigenvalue weighted by atomic mass is 17.2. The lowest BCUT2D eigenvalue weighted by Gasteiger charge is -2.11. The van der Waals surface area contributed by atoms with Crippen molar-refractivity contribution < 1.29 is 24.0 Å². The van der Waals surface area contributed by atoms with E-state index < -0.39 is 0 Å². The van der Waals surface area contributed by atoms with E-state index in [1.165, 1.54) is 0 Å². The lowest BCUT2D eigenvalue weighted by molar-refractivity contribution is -0.297. The van der Waals surface area contributed by atoms with Gasteiger partial charge in [-0.2, -0.15) is 0 Å². The summed E-state index contributed by atoms with van der Waals surface area (Å²) in [4.78, 5) is 10.0. The third-order valence-corrected chi connectivity index (χ3v) is 2.54. The van der Waals surface area contributed by atoms with Crippen LogP contribution < -0.4 is 0 Å². The first kappa shape index (κ1) is 12.3. The summed E-state index contributed by atoms with van der Waals surface area (Å²) >= 11 is 0. The van der Waals surface area contributed by atoms with E-state index in [-0.39, 0.29) is 6.10 Å². The molecule has 2 heterocycles. The monoisotopic (exact) mass is 232 g/mol. The molecular formula is C11H20O5. The molecule has 0 radical (unpaired) electrons. The van der Waals surface area contributed by atoms with Crippen LogP contribution in [0.4, 0.5) is 0 Å². The van der Waals surface area contributed by atoms with Crippen LogP contribution >= 0.6 is 0 Å². The van der Waals surface area contributed by atoms with Gasteiger partial charge in [0.05, 0.1) is 26.4 Å².